The molecule has 2 aliphatic heterocycles. The van der Waals surface area contributed by atoms with Crippen molar-refractivity contribution in [3.8, 4) is 5.75 Å². The van der Waals surface area contributed by atoms with Gasteiger partial charge in [-0.3, -0.25) is 9.69 Å². The lowest BCUT2D eigenvalue weighted by Gasteiger charge is -2.42. The van der Waals surface area contributed by atoms with Crippen molar-refractivity contribution in [2.45, 2.75) is 31.5 Å². The molecule has 8 heteroatoms. The number of halogens is 1. The zero-order chi connectivity index (χ0) is 20.1. The van der Waals surface area contributed by atoms with Crippen molar-refractivity contribution in [3.63, 3.8) is 0 Å². The molecule has 1 aromatic heterocycles. The normalized spacial score (nSPS) is 21.3. The summed E-state index contributed by atoms with van der Waals surface area (Å²) < 4.78 is 24.3. The fraction of sp³-hybridized carbons (Fsp3) is 0.476. The van der Waals surface area contributed by atoms with Crippen molar-refractivity contribution in [3.05, 3.63) is 54.4 Å². The monoisotopic (exact) mass is 400 g/mol. The van der Waals surface area contributed by atoms with E-state index in [0.29, 0.717) is 18.9 Å². The minimum absolute atomic E-state index is 0.0398. The molecule has 7 nitrogen and oxygen atoms in total. The van der Waals surface area contributed by atoms with Gasteiger partial charge in [0.15, 0.2) is 0 Å². The number of likely N-dealkylation sites (tertiary alicyclic amines) is 1. The molecule has 1 atom stereocenters. The van der Waals surface area contributed by atoms with Crippen molar-refractivity contribution in [2.24, 2.45) is 0 Å². The summed E-state index contributed by atoms with van der Waals surface area (Å²) >= 11 is 0. The smallest absolute Gasteiger partial charge is 0.248 e. The molecular weight excluding hydrogens is 375 g/mol. The van der Waals surface area contributed by atoms with Crippen LogP contribution in [0.5, 0.6) is 5.75 Å². The molecule has 4 rings (SSSR count). The van der Waals surface area contributed by atoms with E-state index in [0.717, 1.165) is 38.0 Å². The molecule has 0 aliphatic carbocycles. The van der Waals surface area contributed by atoms with E-state index in [9.17, 15) is 9.18 Å². The van der Waals surface area contributed by atoms with Gasteiger partial charge < -0.3 is 14.4 Å². The van der Waals surface area contributed by atoms with Gasteiger partial charge in [-0.25, -0.2) is 14.4 Å². The van der Waals surface area contributed by atoms with E-state index >= 15 is 0 Å². The van der Waals surface area contributed by atoms with Crippen LogP contribution in [0.4, 0.5) is 4.39 Å². The maximum Gasteiger partial charge on any atom is 0.248 e. The molecule has 0 bridgehead atoms. The average molecular weight is 400 g/mol. The maximum absolute atomic E-state index is 13.0. The summed E-state index contributed by atoms with van der Waals surface area (Å²) in [5.74, 6) is 0.337. The zero-order valence-electron chi connectivity index (χ0n) is 16.2. The number of hydrogen-bond acceptors (Lipinski definition) is 6. The topological polar surface area (TPSA) is 67.8 Å². The van der Waals surface area contributed by atoms with Gasteiger partial charge in [0.1, 0.15) is 37.2 Å². The molecule has 29 heavy (non-hydrogen) atoms. The predicted molar refractivity (Wildman–Crippen MR) is 104 cm³/mol. The lowest BCUT2D eigenvalue weighted by molar-refractivity contribution is -0.155. The third kappa shape index (κ3) is 5.27. The lowest BCUT2D eigenvalue weighted by Crippen LogP contribution is -2.55. The van der Waals surface area contributed by atoms with Gasteiger partial charge in [0, 0.05) is 43.6 Å². The van der Waals surface area contributed by atoms with Crippen LogP contribution in [0.3, 0.4) is 0 Å². The van der Waals surface area contributed by atoms with Crippen molar-refractivity contribution < 1.29 is 18.7 Å². The second-order valence-corrected chi connectivity index (χ2v) is 7.50. The number of aromatic nitrogens is 2. The number of carbonyl (C=O) groups is 1. The van der Waals surface area contributed by atoms with Crippen LogP contribution in [0, 0.1) is 5.82 Å². The van der Waals surface area contributed by atoms with Crippen molar-refractivity contribution in [1.82, 2.24) is 19.8 Å². The highest BCUT2D eigenvalue weighted by Crippen LogP contribution is 2.22. The Balaban J connectivity index is 1.26. The van der Waals surface area contributed by atoms with Gasteiger partial charge in [0.2, 0.25) is 5.91 Å². The highest BCUT2D eigenvalue weighted by molar-refractivity contribution is 5.78. The highest BCUT2D eigenvalue weighted by atomic mass is 19.1. The summed E-state index contributed by atoms with van der Waals surface area (Å²) in [6.07, 6.45) is 6.91. The Morgan fingerprint density at radius 1 is 1.14 bits per heavy atom. The van der Waals surface area contributed by atoms with Crippen molar-refractivity contribution in [2.75, 3.05) is 32.8 Å². The number of piperidine rings is 1. The average Bonchev–Trinajstić information content (AvgIpc) is 2.76. The van der Waals surface area contributed by atoms with Crippen molar-refractivity contribution >= 4 is 5.91 Å². The van der Waals surface area contributed by atoms with Crippen LogP contribution < -0.4 is 4.74 Å². The van der Waals surface area contributed by atoms with Crippen LogP contribution in [0.25, 0.3) is 0 Å². The molecule has 0 saturated carbocycles. The summed E-state index contributed by atoms with van der Waals surface area (Å²) in [6.45, 7) is 3.64. The van der Waals surface area contributed by atoms with Gasteiger partial charge in [-0.1, -0.05) is 0 Å². The van der Waals surface area contributed by atoms with Crippen LogP contribution in [0.2, 0.25) is 0 Å². The summed E-state index contributed by atoms with van der Waals surface area (Å²) in [4.78, 5) is 24.9. The summed E-state index contributed by atoms with van der Waals surface area (Å²) in [5, 5.41) is 0. The first-order valence-corrected chi connectivity index (χ1v) is 9.93. The Morgan fingerprint density at radius 2 is 1.86 bits per heavy atom. The molecule has 2 saturated heterocycles. The van der Waals surface area contributed by atoms with Crippen LogP contribution >= 0.6 is 0 Å². The Labute approximate surface area is 169 Å². The number of hydrogen-bond donors (Lipinski definition) is 0. The van der Waals surface area contributed by atoms with E-state index in [1.807, 2.05) is 17.3 Å². The van der Waals surface area contributed by atoms with E-state index in [-0.39, 0.29) is 30.5 Å². The predicted octanol–water partition coefficient (Wildman–Crippen LogP) is 1.89. The molecule has 1 amide bonds. The molecule has 0 radical (unpaired) electrons. The van der Waals surface area contributed by atoms with Gasteiger partial charge >= 0.3 is 0 Å². The van der Waals surface area contributed by atoms with Gasteiger partial charge in [-0.2, -0.15) is 0 Å². The largest absolute Gasteiger partial charge is 0.491 e. The number of ether oxygens (including phenoxy) is 2. The highest BCUT2D eigenvalue weighted by Gasteiger charge is 2.33. The molecule has 154 valence electrons. The molecule has 0 N–H and O–H groups in total. The van der Waals surface area contributed by atoms with Gasteiger partial charge in [-0.05, 0) is 37.1 Å². The van der Waals surface area contributed by atoms with Gasteiger partial charge in [0.25, 0.3) is 0 Å². The third-order valence-electron chi connectivity index (χ3n) is 5.43. The number of carbonyl (C=O) groups excluding carboxylic acids is 1. The SMILES string of the molecule is O=C1CO[C@@H](COc2ccc(F)cc2)CN1C1CCN(Cc2cncnc2)CC1. The molecular formula is C21H25FN4O3. The van der Waals surface area contributed by atoms with E-state index < -0.39 is 0 Å². The molecule has 2 aromatic rings. The Morgan fingerprint density at radius 3 is 2.59 bits per heavy atom. The van der Waals surface area contributed by atoms with Gasteiger partial charge in [-0.15, -0.1) is 0 Å². The standard InChI is InChI=1S/C21H25FN4O3/c22-17-1-3-19(4-2-17)28-13-20-12-26(21(27)14-29-20)18-5-7-25(8-6-18)11-16-9-23-15-24-10-16/h1-4,9-10,15,18,20H,5-8,11-14H2/t20-/m1/s1. The number of rotatable bonds is 6. The summed E-state index contributed by atoms with van der Waals surface area (Å²) in [5.41, 5.74) is 1.10. The quantitative estimate of drug-likeness (QED) is 0.738. The van der Waals surface area contributed by atoms with E-state index in [1.165, 1.54) is 18.5 Å². The number of morpholine rings is 1. The van der Waals surface area contributed by atoms with E-state index in [4.69, 9.17) is 9.47 Å². The zero-order valence-corrected chi connectivity index (χ0v) is 16.2. The first kappa shape index (κ1) is 19.7. The van der Waals surface area contributed by atoms with Crippen molar-refractivity contribution in [1.29, 1.82) is 0 Å². The second kappa shape index (κ2) is 9.28. The Bertz CT molecular complexity index is 797. The van der Waals surface area contributed by atoms with E-state index in [2.05, 4.69) is 14.9 Å². The van der Waals surface area contributed by atoms with Crippen LogP contribution in [0.1, 0.15) is 18.4 Å². The van der Waals surface area contributed by atoms with Crippen LogP contribution in [0.15, 0.2) is 43.0 Å². The first-order valence-electron chi connectivity index (χ1n) is 9.93. The second-order valence-electron chi connectivity index (χ2n) is 7.50. The fourth-order valence-electron chi connectivity index (χ4n) is 3.88. The molecule has 0 unspecified atom stereocenters. The van der Waals surface area contributed by atoms with E-state index in [1.54, 1.807) is 12.1 Å². The number of benzene rings is 1. The molecule has 3 heterocycles. The number of amides is 1. The minimum atomic E-state index is -0.297. The molecule has 2 aliphatic rings. The van der Waals surface area contributed by atoms with Crippen LogP contribution in [-0.2, 0) is 16.1 Å². The Kier molecular flexibility index (Phi) is 6.31. The van der Waals surface area contributed by atoms with Gasteiger partial charge in [0.05, 0.1) is 6.54 Å². The number of nitrogens with zero attached hydrogens (tertiary/aromatic N) is 4. The lowest BCUT2D eigenvalue weighted by atomic mass is 10.0. The fourth-order valence-corrected chi connectivity index (χ4v) is 3.88. The summed E-state index contributed by atoms with van der Waals surface area (Å²) in [6, 6.07) is 6.14. The minimum Gasteiger partial charge on any atom is -0.491 e. The van der Waals surface area contributed by atoms with Crippen LogP contribution in [-0.4, -0.2) is 70.7 Å². The third-order valence-corrected chi connectivity index (χ3v) is 5.43. The molecule has 0 spiro atoms. The Hall–Kier alpha value is -2.58. The first-order chi connectivity index (χ1) is 14.2. The summed E-state index contributed by atoms with van der Waals surface area (Å²) in [7, 11) is 0. The molecule has 1 aromatic carbocycles. The maximum atomic E-state index is 13.0. The molecule has 2 fully saturated rings.